The Balaban J connectivity index is 1.84. The molecule has 1 amide bonds. The third-order valence-electron chi connectivity index (χ3n) is 2.75. The van der Waals surface area contributed by atoms with Crippen molar-refractivity contribution < 1.29 is 14.6 Å². The second kappa shape index (κ2) is 6.04. The summed E-state index contributed by atoms with van der Waals surface area (Å²) in [7, 11) is 0. The van der Waals surface area contributed by atoms with E-state index in [1.807, 2.05) is 18.2 Å². The smallest absolute Gasteiger partial charge is 0.407 e. The maximum absolute atomic E-state index is 10.8. The van der Waals surface area contributed by atoms with Crippen LogP contribution < -0.4 is 5.32 Å². The van der Waals surface area contributed by atoms with Crippen molar-refractivity contribution in [3.8, 4) is 0 Å². The molecule has 0 spiro atoms. The first-order chi connectivity index (χ1) is 8.65. The molecule has 0 aromatic heterocycles. The summed E-state index contributed by atoms with van der Waals surface area (Å²) in [6.45, 7) is 1.85. The summed E-state index contributed by atoms with van der Waals surface area (Å²) in [6.07, 6.45) is -1.18. The van der Waals surface area contributed by atoms with E-state index in [-0.39, 0.29) is 6.23 Å². The van der Waals surface area contributed by atoms with Gasteiger partial charge in [0.25, 0.3) is 0 Å². The second-order valence-electron chi connectivity index (χ2n) is 4.11. The van der Waals surface area contributed by atoms with Crippen LogP contribution in [-0.2, 0) is 11.3 Å². The lowest BCUT2D eigenvalue weighted by Gasteiger charge is -2.31. The van der Waals surface area contributed by atoms with Gasteiger partial charge in [0, 0.05) is 18.1 Å². The van der Waals surface area contributed by atoms with E-state index < -0.39 is 6.09 Å². The first-order valence-corrected chi connectivity index (χ1v) is 6.10. The number of halogens is 1. The van der Waals surface area contributed by atoms with Crippen molar-refractivity contribution in [3.05, 3.63) is 34.9 Å². The molecule has 0 radical (unpaired) electrons. The Kier molecular flexibility index (Phi) is 4.41. The molecule has 98 valence electrons. The van der Waals surface area contributed by atoms with Crippen LogP contribution >= 0.6 is 11.6 Å². The Bertz CT molecular complexity index is 428. The number of benzene rings is 1. The standard InChI is InChI=1S/C12H15ClN2O3/c13-10-3-1-2-9(6-10)8-18-11-7-15(12(16)17)5-4-14-11/h1-3,6,11,14H,4-5,7-8H2,(H,16,17). The molecule has 0 saturated carbocycles. The molecular formula is C12H15ClN2O3. The van der Waals surface area contributed by atoms with E-state index in [0.717, 1.165) is 5.56 Å². The van der Waals surface area contributed by atoms with Gasteiger partial charge in [0.2, 0.25) is 0 Å². The van der Waals surface area contributed by atoms with Gasteiger partial charge in [0.1, 0.15) is 6.23 Å². The highest BCUT2D eigenvalue weighted by Crippen LogP contribution is 2.12. The minimum absolute atomic E-state index is 0.270. The summed E-state index contributed by atoms with van der Waals surface area (Å²) in [5.74, 6) is 0. The fourth-order valence-corrected chi connectivity index (χ4v) is 2.04. The molecule has 2 rings (SSSR count). The SMILES string of the molecule is O=C(O)N1CCNC(OCc2cccc(Cl)c2)C1. The largest absolute Gasteiger partial charge is 0.465 e. The van der Waals surface area contributed by atoms with Crippen LogP contribution in [0.3, 0.4) is 0 Å². The molecule has 1 atom stereocenters. The molecule has 2 N–H and O–H groups in total. The molecular weight excluding hydrogens is 256 g/mol. The highest BCUT2D eigenvalue weighted by molar-refractivity contribution is 6.30. The van der Waals surface area contributed by atoms with Crippen LogP contribution in [0.1, 0.15) is 5.56 Å². The van der Waals surface area contributed by atoms with Crippen LogP contribution in [0.5, 0.6) is 0 Å². The average molecular weight is 271 g/mol. The van der Waals surface area contributed by atoms with E-state index in [2.05, 4.69) is 5.32 Å². The summed E-state index contributed by atoms with van der Waals surface area (Å²) in [5.41, 5.74) is 0.969. The maximum Gasteiger partial charge on any atom is 0.407 e. The van der Waals surface area contributed by atoms with E-state index in [0.29, 0.717) is 31.3 Å². The lowest BCUT2D eigenvalue weighted by Crippen LogP contribution is -2.53. The van der Waals surface area contributed by atoms with Gasteiger partial charge < -0.3 is 14.7 Å². The van der Waals surface area contributed by atoms with Crippen LogP contribution in [0.2, 0.25) is 5.02 Å². The number of amides is 1. The van der Waals surface area contributed by atoms with Gasteiger partial charge in [-0.25, -0.2) is 4.79 Å². The molecule has 18 heavy (non-hydrogen) atoms. The number of hydrogen-bond donors (Lipinski definition) is 2. The molecule has 1 saturated heterocycles. The van der Waals surface area contributed by atoms with Crippen LogP contribution in [0, 0.1) is 0 Å². The minimum Gasteiger partial charge on any atom is -0.465 e. The van der Waals surface area contributed by atoms with Gasteiger partial charge in [-0.2, -0.15) is 0 Å². The van der Waals surface area contributed by atoms with Gasteiger partial charge in [-0.05, 0) is 17.7 Å². The van der Waals surface area contributed by atoms with E-state index in [1.54, 1.807) is 6.07 Å². The zero-order valence-corrected chi connectivity index (χ0v) is 10.6. The molecule has 0 aliphatic carbocycles. The third-order valence-corrected chi connectivity index (χ3v) is 2.99. The Morgan fingerprint density at radius 3 is 3.17 bits per heavy atom. The van der Waals surface area contributed by atoms with Crippen molar-refractivity contribution in [2.24, 2.45) is 0 Å². The Morgan fingerprint density at radius 2 is 2.44 bits per heavy atom. The van der Waals surface area contributed by atoms with Gasteiger partial charge in [0.05, 0.1) is 13.2 Å². The molecule has 1 aromatic rings. The van der Waals surface area contributed by atoms with E-state index >= 15 is 0 Å². The predicted octanol–water partition coefficient (Wildman–Crippen LogP) is 1.77. The number of hydrogen-bond acceptors (Lipinski definition) is 3. The van der Waals surface area contributed by atoms with Crippen molar-refractivity contribution in [3.63, 3.8) is 0 Å². The fraction of sp³-hybridized carbons (Fsp3) is 0.417. The number of nitrogens with zero attached hydrogens (tertiary/aromatic N) is 1. The minimum atomic E-state index is -0.909. The fourth-order valence-electron chi connectivity index (χ4n) is 1.83. The van der Waals surface area contributed by atoms with Crippen LogP contribution in [-0.4, -0.2) is 42.0 Å². The highest BCUT2D eigenvalue weighted by atomic mass is 35.5. The Morgan fingerprint density at radius 1 is 1.61 bits per heavy atom. The number of rotatable bonds is 3. The molecule has 1 unspecified atom stereocenters. The lowest BCUT2D eigenvalue weighted by atomic mass is 10.2. The number of ether oxygens (including phenoxy) is 1. The molecule has 1 aliphatic heterocycles. The zero-order chi connectivity index (χ0) is 13.0. The van der Waals surface area contributed by atoms with Crippen LogP contribution in [0.15, 0.2) is 24.3 Å². The van der Waals surface area contributed by atoms with Crippen molar-refractivity contribution in [1.82, 2.24) is 10.2 Å². The zero-order valence-electron chi connectivity index (χ0n) is 9.80. The quantitative estimate of drug-likeness (QED) is 0.879. The number of nitrogens with one attached hydrogen (secondary N) is 1. The van der Waals surface area contributed by atoms with Gasteiger partial charge in [-0.3, -0.25) is 5.32 Å². The van der Waals surface area contributed by atoms with Crippen LogP contribution in [0.4, 0.5) is 4.79 Å². The summed E-state index contributed by atoms with van der Waals surface area (Å²) in [6, 6.07) is 7.41. The van der Waals surface area contributed by atoms with Crippen molar-refractivity contribution in [2.75, 3.05) is 19.6 Å². The Labute approximate surface area is 110 Å². The lowest BCUT2D eigenvalue weighted by molar-refractivity contribution is -0.0196. The monoisotopic (exact) mass is 270 g/mol. The van der Waals surface area contributed by atoms with E-state index in [9.17, 15) is 4.79 Å². The van der Waals surface area contributed by atoms with Crippen molar-refractivity contribution >= 4 is 17.7 Å². The number of piperazine rings is 1. The summed E-state index contributed by atoms with van der Waals surface area (Å²) in [5, 5.41) is 12.7. The molecule has 1 heterocycles. The van der Waals surface area contributed by atoms with E-state index in [1.165, 1.54) is 4.90 Å². The topological polar surface area (TPSA) is 61.8 Å². The molecule has 6 heteroatoms. The highest BCUT2D eigenvalue weighted by Gasteiger charge is 2.22. The number of carboxylic acid groups (broad SMARTS) is 1. The van der Waals surface area contributed by atoms with E-state index in [4.69, 9.17) is 21.4 Å². The average Bonchev–Trinajstić information content (AvgIpc) is 2.37. The van der Waals surface area contributed by atoms with Gasteiger partial charge >= 0.3 is 6.09 Å². The number of carbonyl (C=O) groups is 1. The summed E-state index contributed by atoms with van der Waals surface area (Å²) < 4.78 is 5.63. The molecule has 1 aromatic carbocycles. The first-order valence-electron chi connectivity index (χ1n) is 5.72. The molecule has 5 nitrogen and oxygen atoms in total. The summed E-state index contributed by atoms with van der Waals surface area (Å²) >= 11 is 5.87. The Hall–Kier alpha value is -1.30. The third kappa shape index (κ3) is 3.60. The molecule has 1 fully saturated rings. The van der Waals surface area contributed by atoms with Crippen LogP contribution in [0.25, 0.3) is 0 Å². The van der Waals surface area contributed by atoms with Crippen molar-refractivity contribution in [2.45, 2.75) is 12.8 Å². The first kappa shape index (κ1) is 13.1. The van der Waals surface area contributed by atoms with Gasteiger partial charge in [-0.1, -0.05) is 23.7 Å². The van der Waals surface area contributed by atoms with Gasteiger partial charge in [0.15, 0.2) is 0 Å². The maximum atomic E-state index is 10.8. The summed E-state index contributed by atoms with van der Waals surface area (Å²) in [4.78, 5) is 12.2. The normalized spacial score (nSPS) is 19.8. The molecule has 1 aliphatic rings. The predicted molar refractivity (Wildman–Crippen MR) is 67.6 cm³/mol. The van der Waals surface area contributed by atoms with Gasteiger partial charge in [-0.15, -0.1) is 0 Å². The second-order valence-corrected chi connectivity index (χ2v) is 4.55. The molecule has 0 bridgehead atoms. The van der Waals surface area contributed by atoms with Crippen molar-refractivity contribution in [1.29, 1.82) is 0 Å².